The van der Waals surface area contributed by atoms with Crippen molar-refractivity contribution in [1.29, 1.82) is 0 Å². The lowest BCUT2D eigenvalue weighted by Gasteiger charge is -2.35. The zero-order chi connectivity index (χ0) is 34.7. The van der Waals surface area contributed by atoms with Gasteiger partial charge in [-0.3, -0.25) is 14.6 Å². The van der Waals surface area contributed by atoms with Crippen LogP contribution in [0.1, 0.15) is 53.2 Å². The Kier molecular flexibility index (Phi) is 9.52. The van der Waals surface area contributed by atoms with Gasteiger partial charge in [-0.15, -0.1) is 0 Å². The predicted molar refractivity (Wildman–Crippen MR) is 179 cm³/mol. The SMILES string of the molecule is CCC(=O)NC1CCN(c2ccc(CNC(=O)c3ccc(C)c(Oc4nc(-c5cccnc5)nc5ccn(C)c45)c3)cc2C(F)(F)F)CC1. The molecule has 2 amide bonds. The van der Waals surface area contributed by atoms with Crippen molar-refractivity contribution >= 4 is 28.5 Å². The zero-order valence-electron chi connectivity index (χ0n) is 27.3. The second-order valence-electron chi connectivity index (χ2n) is 12.1. The summed E-state index contributed by atoms with van der Waals surface area (Å²) >= 11 is 0. The number of carbonyl (C=O) groups is 2. The van der Waals surface area contributed by atoms with Crippen molar-refractivity contribution in [2.75, 3.05) is 18.0 Å². The predicted octanol–water partition coefficient (Wildman–Crippen LogP) is 6.57. The van der Waals surface area contributed by atoms with E-state index in [1.54, 1.807) is 54.5 Å². The van der Waals surface area contributed by atoms with Crippen molar-refractivity contribution in [3.05, 3.63) is 95.4 Å². The van der Waals surface area contributed by atoms with Crippen molar-refractivity contribution in [2.45, 2.75) is 51.9 Å². The lowest BCUT2D eigenvalue weighted by Crippen LogP contribution is -2.45. The number of hydrogen-bond acceptors (Lipinski definition) is 7. The number of carbonyl (C=O) groups excluding carboxylic acids is 2. The van der Waals surface area contributed by atoms with Gasteiger partial charge in [-0.05, 0) is 73.4 Å². The molecule has 3 aromatic heterocycles. The van der Waals surface area contributed by atoms with Crippen LogP contribution < -0.4 is 20.3 Å². The Morgan fingerprint density at radius 3 is 2.55 bits per heavy atom. The summed E-state index contributed by atoms with van der Waals surface area (Å²) in [5.41, 5.74) is 2.72. The highest BCUT2D eigenvalue weighted by molar-refractivity contribution is 5.94. The van der Waals surface area contributed by atoms with Crippen molar-refractivity contribution < 1.29 is 27.5 Å². The molecule has 10 nitrogen and oxygen atoms in total. The second kappa shape index (κ2) is 14.0. The van der Waals surface area contributed by atoms with Crippen molar-refractivity contribution in [3.63, 3.8) is 0 Å². The maximum atomic E-state index is 14.2. The van der Waals surface area contributed by atoms with E-state index in [9.17, 15) is 22.8 Å². The lowest BCUT2D eigenvalue weighted by molar-refractivity contribution is -0.137. The molecule has 4 heterocycles. The van der Waals surface area contributed by atoms with Gasteiger partial charge in [-0.25, -0.2) is 4.98 Å². The summed E-state index contributed by atoms with van der Waals surface area (Å²) in [6, 6.07) is 14.5. The molecule has 0 radical (unpaired) electrons. The number of piperidine rings is 1. The van der Waals surface area contributed by atoms with Gasteiger partial charge in [0.1, 0.15) is 11.3 Å². The van der Waals surface area contributed by atoms with E-state index in [1.165, 1.54) is 6.07 Å². The fraction of sp³-hybridized carbons (Fsp3) is 0.306. The summed E-state index contributed by atoms with van der Waals surface area (Å²) < 4.78 is 50.8. The minimum atomic E-state index is -4.59. The van der Waals surface area contributed by atoms with Crippen LogP contribution in [-0.2, 0) is 24.6 Å². The molecule has 0 unspecified atom stereocenters. The number of rotatable bonds is 9. The fourth-order valence-corrected chi connectivity index (χ4v) is 5.88. The molecule has 0 bridgehead atoms. The number of amides is 2. The molecule has 6 rings (SSSR count). The number of hydrogen-bond donors (Lipinski definition) is 2. The quantitative estimate of drug-likeness (QED) is 0.182. The van der Waals surface area contributed by atoms with E-state index in [0.29, 0.717) is 72.0 Å². The molecule has 0 saturated carbocycles. The monoisotopic (exact) mass is 671 g/mol. The van der Waals surface area contributed by atoms with Crippen LogP contribution in [0.25, 0.3) is 22.4 Å². The third-order valence-corrected chi connectivity index (χ3v) is 8.61. The number of halogens is 3. The summed E-state index contributed by atoms with van der Waals surface area (Å²) in [4.78, 5) is 40.2. The van der Waals surface area contributed by atoms with E-state index in [4.69, 9.17) is 4.74 Å². The lowest BCUT2D eigenvalue weighted by atomic mass is 10.0. The second-order valence-corrected chi connectivity index (χ2v) is 12.1. The Hall–Kier alpha value is -5.46. The summed E-state index contributed by atoms with van der Waals surface area (Å²) in [5.74, 6) is 0.591. The number of fused-ring (bicyclic) bond motifs is 1. The number of benzene rings is 2. The Morgan fingerprint density at radius 1 is 1.04 bits per heavy atom. The molecule has 0 atom stereocenters. The van der Waals surface area contributed by atoms with Crippen molar-refractivity contribution in [3.8, 4) is 23.0 Å². The number of aryl methyl sites for hydroxylation is 2. The van der Waals surface area contributed by atoms with Crippen LogP contribution in [0.4, 0.5) is 18.9 Å². The van der Waals surface area contributed by atoms with E-state index in [0.717, 1.165) is 11.6 Å². The number of pyridine rings is 1. The fourth-order valence-electron chi connectivity index (χ4n) is 5.88. The third kappa shape index (κ3) is 7.50. The summed E-state index contributed by atoms with van der Waals surface area (Å²) in [6.45, 7) is 4.27. The number of alkyl halides is 3. The number of aromatic nitrogens is 4. The molecule has 0 aliphatic carbocycles. The van der Waals surface area contributed by atoms with Gasteiger partial charge < -0.3 is 24.8 Å². The molecule has 2 N–H and O–H groups in total. The van der Waals surface area contributed by atoms with E-state index in [-0.39, 0.29) is 29.7 Å². The molecule has 254 valence electrons. The number of anilines is 1. The normalized spacial score (nSPS) is 13.8. The minimum absolute atomic E-state index is 0.0513. The molecule has 13 heteroatoms. The minimum Gasteiger partial charge on any atom is -0.437 e. The van der Waals surface area contributed by atoms with Crippen LogP contribution in [0.5, 0.6) is 11.6 Å². The first kappa shape index (κ1) is 33.4. The molecule has 1 aliphatic rings. The highest BCUT2D eigenvalue weighted by Gasteiger charge is 2.36. The van der Waals surface area contributed by atoms with Crippen molar-refractivity contribution in [2.24, 2.45) is 7.05 Å². The Bertz CT molecular complexity index is 1990. The first-order chi connectivity index (χ1) is 23.5. The topological polar surface area (TPSA) is 114 Å². The van der Waals surface area contributed by atoms with Gasteiger partial charge in [0.2, 0.25) is 11.8 Å². The van der Waals surface area contributed by atoms with E-state index in [1.807, 2.05) is 36.9 Å². The average molecular weight is 672 g/mol. The van der Waals surface area contributed by atoms with Crippen LogP contribution in [0.2, 0.25) is 0 Å². The number of nitrogens with zero attached hydrogens (tertiary/aromatic N) is 5. The van der Waals surface area contributed by atoms with Gasteiger partial charge in [-0.2, -0.15) is 18.2 Å². The molecular weight excluding hydrogens is 635 g/mol. The van der Waals surface area contributed by atoms with Gasteiger partial charge in [0, 0.05) is 74.5 Å². The van der Waals surface area contributed by atoms with Gasteiger partial charge in [0.15, 0.2) is 5.82 Å². The Balaban J connectivity index is 1.18. The zero-order valence-corrected chi connectivity index (χ0v) is 27.3. The maximum absolute atomic E-state index is 14.2. The molecule has 0 spiro atoms. The Morgan fingerprint density at radius 2 is 1.84 bits per heavy atom. The van der Waals surface area contributed by atoms with Crippen LogP contribution >= 0.6 is 0 Å². The van der Waals surface area contributed by atoms with Crippen LogP contribution in [0.15, 0.2) is 73.2 Å². The highest BCUT2D eigenvalue weighted by Crippen LogP contribution is 2.38. The van der Waals surface area contributed by atoms with Gasteiger partial charge in [0.05, 0.1) is 11.1 Å². The molecule has 5 aromatic rings. The van der Waals surface area contributed by atoms with Crippen LogP contribution in [-0.4, -0.2) is 50.5 Å². The van der Waals surface area contributed by atoms with Crippen molar-refractivity contribution in [1.82, 2.24) is 30.2 Å². The number of ether oxygens (including phenoxy) is 1. The molecule has 49 heavy (non-hydrogen) atoms. The molecule has 1 fully saturated rings. The van der Waals surface area contributed by atoms with Gasteiger partial charge in [-0.1, -0.05) is 19.1 Å². The Labute approximate surface area is 281 Å². The van der Waals surface area contributed by atoms with Gasteiger partial charge in [0.25, 0.3) is 5.91 Å². The summed E-state index contributed by atoms with van der Waals surface area (Å²) in [6.07, 6.45) is 2.06. The van der Waals surface area contributed by atoms with E-state index < -0.39 is 17.6 Å². The maximum Gasteiger partial charge on any atom is 0.418 e. The van der Waals surface area contributed by atoms with E-state index in [2.05, 4.69) is 25.6 Å². The summed E-state index contributed by atoms with van der Waals surface area (Å²) in [5, 5.41) is 5.67. The first-order valence-electron chi connectivity index (χ1n) is 16.0. The average Bonchev–Trinajstić information content (AvgIpc) is 3.48. The molecule has 1 aliphatic heterocycles. The standard InChI is InChI=1S/C36H36F3N7O3/c1-4-31(47)42-26-11-16-46(17-12-26)29-10-8-23(18-27(29)36(37,38)39)20-41-34(48)24-9-7-22(2)30(19-24)49-35-32-28(13-15-45(32)3)43-33(44-35)25-6-5-14-40-21-25/h5-10,13-15,18-19,21,26H,4,11-12,16-17,20H2,1-3H3,(H,41,48)(H,42,47). The van der Waals surface area contributed by atoms with Crippen LogP contribution in [0.3, 0.4) is 0 Å². The van der Waals surface area contributed by atoms with E-state index >= 15 is 0 Å². The van der Waals surface area contributed by atoms with Gasteiger partial charge >= 0.3 is 6.18 Å². The smallest absolute Gasteiger partial charge is 0.418 e. The molecular formula is C36H36F3N7O3. The highest BCUT2D eigenvalue weighted by atomic mass is 19.4. The summed E-state index contributed by atoms with van der Waals surface area (Å²) in [7, 11) is 1.85. The molecule has 2 aromatic carbocycles. The molecule has 1 saturated heterocycles. The largest absolute Gasteiger partial charge is 0.437 e. The third-order valence-electron chi connectivity index (χ3n) is 8.61. The first-order valence-corrected chi connectivity index (χ1v) is 16.0. The van der Waals surface area contributed by atoms with Crippen LogP contribution in [0, 0.1) is 6.92 Å². The number of nitrogens with one attached hydrogen (secondary N) is 2.